The second-order valence-corrected chi connectivity index (χ2v) is 6.19. The Morgan fingerprint density at radius 1 is 0.963 bits per heavy atom. The van der Waals surface area contributed by atoms with Crippen molar-refractivity contribution in [3.05, 3.63) is 71.3 Å². The number of hydrogen-bond donors (Lipinski definition) is 1. The lowest BCUT2D eigenvalue weighted by molar-refractivity contribution is -0.145. The van der Waals surface area contributed by atoms with Gasteiger partial charge in [-0.2, -0.15) is 0 Å². The Morgan fingerprint density at radius 2 is 1.56 bits per heavy atom. The summed E-state index contributed by atoms with van der Waals surface area (Å²) in [5.41, 5.74) is -0.403. The van der Waals surface area contributed by atoms with E-state index < -0.39 is 53.4 Å². The predicted octanol–water partition coefficient (Wildman–Crippen LogP) is 3.15. The van der Waals surface area contributed by atoms with Gasteiger partial charge in [0.25, 0.3) is 5.91 Å². The van der Waals surface area contributed by atoms with Crippen molar-refractivity contribution in [3.63, 3.8) is 0 Å². The summed E-state index contributed by atoms with van der Waals surface area (Å²) in [6, 6.07) is 10.1. The van der Waals surface area contributed by atoms with E-state index in [0.717, 1.165) is 18.2 Å². The SMILES string of the molecule is CC(C)[C@H](NC(=O)c1c(F)cccc1F)C(=O)OCC(=O)c1ccccc1. The van der Waals surface area contributed by atoms with Crippen LogP contribution in [-0.2, 0) is 9.53 Å². The molecule has 2 aromatic carbocycles. The first-order valence-electron chi connectivity index (χ1n) is 8.31. The number of carbonyl (C=O) groups excluding carboxylic acids is 3. The normalized spacial score (nSPS) is 11.7. The number of benzene rings is 2. The maximum atomic E-state index is 13.7. The number of rotatable bonds is 7. The molecule has 1 N–H and O–H groups in total. The smallest absolute Gasteiger partial charge is 0.329 e. The number of Topliss-reactive ketones (excluding diaryl/α,β-unsaturated/α-hetero) is 1. The molecule has 0 aromatic heterocycles. The van der Waals surface area contributed by atoms with Crippen LogP contribution in [0.4, 0.5) is 8.78 Å². The lowest BCUT2D eigenvalue weighted by Gasteiger charge is -2.21. The third-order valence-corrected chi connectivity index (χ3v) is 3.84. The molecule has 27 heavy (non-hydrogen) atoms. The third-order valence-electron chi connectivity index (χ3n) is 3.84. The predicted molar refractivity (Wildman–Crippen MR) is 94.2 cm³/mol. The molecule has 1 amide bonds. The number of carbonyl (C=O) groups is 3. The fraction of sp³-hybridized carbons (Fsp3) is 0.250. The second-order valence-electron chi connectivity index (χ2n) is 6.19. The molecule has 0 heterocycles. The first-order valence-corrected chi connectivity index (χ1v) is 8.31. The van der Waals surface area contributed by atoms with Gasteiger partial charge < -0.3 is 10.1 Å². The molecule has 0 bridgehead atoms. The van der Waals surface area contributed by atoms with Crippen LogP contribution < -0.4 is 5.32 Å². The minimum Gasteiger partial charge on any atom is -0.456 e. The molecule has 0 spiro atoms. The monoisotopic (exact) mass is 375 g/mol. The van der Waals surface area contributed by atoms with Gasteiger partial charge in [-0.05, 0) is 18.1 Å². The third kappa shape index (κ3) is 5.20. The number of ether oxygens (including phenoxy) is 1. The summed E-state index contributed by atoms with van der Waals surface area (Å²) in [6.07, 6.45) is 0. The maximum absolute atomic E-state index is 13.7. The van der Waals surface area contributed by atoms with Crippen LogP contribution in [0.25, 0.3) is 0 Å². The van der Waals surface area contributed by atoms with E-state index in [1.54, 1.807) is 44.2 Å². The summed E-state index contributed by atoms with van der Waals surface area (Å²) >= 11 is 0. The van der Waals surface area contributed by atoms with Crippen LogP contribution in [0, 0.1) is 17.6 Å². The van der Waals surface area contributed by atoms with Crippen LogP contribution in [0.3, 0.4) is 0 Å². The van der Waals surface area contributed by atoms with Crippen LogP contribution in [-0.4, -0.2) is 30.3 Å². The average Bonchev–Trinajstić information content (AvgIpc) is 2.64. The summed E-state index contributed by atoms with van der Waals surface area (Å²) < 4.78 is 32.5. The molecule has 142 valence electrons. The van der Waals surface area contributed by atoms with E-state index in [1.165, 1.54) is 0 Å². The molecule has 1 atom stereocenters. The van der Waals surface area contributed by atoms with Gasteiger partial charge in [0.1, 0.15) is 23.2 Å². The Morgan fingerprint density at radius 3 is 2.11 bits per heavy atom. The minimum absolute atomic E-state index is 0.379. The zero-order chi connectivity index (χ0) is 20.0. The highest BCUT2D eigenvalue weighted by Gasteiger charge is 2.29. The van der Waals surface area contributed by atoms with Gasteiger partial charge in [0, 0.05) is 5.56 Å². The Hall–Kier alpha value is -3.09. The van der Waals surface area contributed by atoms with Gasteiger partial charge in [0.2, 0.25) is 0 Å². The van der Waals surface area contributed by atoms with Gasteiger partial charge in [0.05, 0.1) is 0 Å². The van der Waals surface area contributed by atoms with Crippen LogP contribution in [0.15, 0.2) is 48.5 Å². The molecule has 2 rings (SSSR count). The van der Waals surface area contributed by atoms with E-state index in [1.807, 2.05) is 0 Å². The highest BCUT2D eigenvalue weighted by Crippen LogP contribution is 2.14. The number of nitrogens with one attached hydrogen (secondary N) is 1. The summed E-state index contributed by atoms with van der Waals surface area (Å²) in [6.45, 7) is 2.75. The number of halogens is 2. The van der Waals surface area contributed by atoms with Gasteiger partial charge in [-0.15, -0.1) is 0 Å². The Balaban J connectivity index is 2.05. The molecule has 0 fully saturated rings. The Bertz CT molecular complexity index is 817. The van der Waals surface area contributed by atoms with Crippen molar-refractivity contribution in [2.24, 2.45) is 5.92 Å². The maximum Gasteiger partial charge on any atom is 0.329 e. The summed E-state index contributed by atoms with van der Waals surface area (Å²) in [7, 11) is 0. The fourth-order valence-corrected chi connectivity index (χ4v) is 2.36. The Kier molecular flexibility index (Phi) is 6.76. The van der Waals surface area contributed by atoms with Gasteiger partial charge >= 0.3 is 5.97 Å². The second kappa shape index (κ2) is 9.02. The van der Waals surface area contributed by atoms with E-state index in [2.05, 4.69) is 5.32 Å². The molecule has 0 aliphatic rings. The van der Waals surface area contributed by atoms with Gasteiger partial charge in [0.15, 0.2) is 12.4 Å². The first-order chi connectivity index (χ1) is 12.8. The van der Waals surface area contributed by atoms with Crippen LogP contribution in [0.2, 0.25) is 0 Å². The molecule has 5 nitrogen and oxygen atoms in total. The van der Waals surface area contributed by atoms with Gasteiger partial charge in [-0.25, -0.2) is 13.6 Å². The molecule has 0 unspecified atom stereocenters. The lowest BCUT2D eigenvalue weighted by atomic mass is 10.0. The lowest BCUT2D eigenvalue weighted by Crippen LogP contribution is -2.46. The van der Waals surface area contributed by atoms with E-state index in [-0.39, 0.29) is 0 Å². The van der Waals surface area contributed by atoms with Crippen molar-refractivity contribution in [2.75, 3.05) is 6.61 Å². The topological polar surface area (TPSA) is 72.5 Å². The molecular formula is C20H19F2NO4. The van der Waals surface area contributed by atoms with E-state index in [0.29, 0.717) is 5.56 Å². The first kappa shape index (κ1) is 20.2. The largest absolute Gasteiger partial charge is 0.456 e. The van der Waals surface area contributed by atoms with Crippen LogP contribution in [0.1, 0.15) is 34.6 Å². The number of hydrogen-bond acceptors (Lipinski definition) is 4. The quantitative estimate of drug-likeness (QED) is 0.596. The molecule has 7 heteroatoms. The molecule has 2 aromatic rings. The zero-order valence-corrected chi connectivity index (χ0v) is 14.9. The molecule has 0 aliphatic heterocycles. The van der Waals surface area contributed by atoms with Crippen molar-refractivity contribution in [3.8, 4) is 0 Å². The van der Waals surface area contributed by atoms with Crippen molar-refractivity contribution in [1.82, 2.24) is 5.32 Å². The van der Waals surface area contributed by atoms with Crippen molar-refractivity contribution in [2.45, 2.75) is 19.9 Å². The minimum atomic E-state index is -1.17. The molecule has 0 aliphatic carbocycles. The number of esters is 1. The molecular weight excluding hydrogens is 356 g/mol. The van der Waals surface area contributed by atoms with Gasteiger partial charge in [-0.3, -0.25) is 9.59 Å². The highest BCUT2D eigenvalue weighted by molar-refractivity contribution is 5.99. The van der Waals surface area contributed by atoms with Crippen LogP contribution >= 0.6 is 0 Å². The van der Waals surface area contributed by atoms with Crippen molar-refractivity contribution < 1.29 is 27.9 Å². The van der Waals surface area contributed by atoms with Crippen LogP contribution in [0.5, 0.6) is 0 Å². The average molecular weight is 375 g/mol. The van der Waals surface area contributed by atoms with E-state index >= 15 is 0 Å². The standard InChI is InChI=1S/C20H19F2NO4/c1-12(2)18(23-19(25)17-14(21)9-6-10-15(17)22)20(26)27-11-16(24)13-7-4-3-5-8-13/h3-10,12,18H,11H2,1-2H3,(H,23,25)/t18-/m0/s1. The fourth-order valence-electron chi connectivity index (χ4n) is 2.36. The number of amides is 1. The van der Waals surface area contributed by atoms with Crippen molar-refractivity contribution >= 4 is 17.7 Å². The molecule has 0 radical (unpaired) electrons. The van der Waals surface area contributed by atoms with Crippen molar-refractivity contribution in [1.29, 1.82) is 0 Å². The highest BCUT2D eigenvalue weighted by atomic mass is 19.1. The summed E-state index contributed by atoms with van der Waals surface area (Å²) in [5.74, 6) is -4.85. The number of ketones is 1. The Labute approximate surface area is 155 Å². The van der Waals surface area contributed by atoms with E-state index in [9.17, 15) is 23.2 Å². The van der Waals surface area contributed by atoms with Gasteiger partial charge in [-0.1, -0.05) is 50.2 Å². The summed E-state index contributed by atoms with van der Waals surface area (Å²) in [5, 5.41) is 2.27. The van der Waals surface area contributed by atoms with E-state index in [4.69, 9.17) is 4.74 Å². The summed E-state index contributed by atoms with van der Waals surface area (Å²) in [4.78, 5) is 36.5. The zero-order valence-electron chi connectivity index (χ0n) is 14.9. The molecule has 0 saturated carbocycles. The molecule has 0 saturated heterocycles.